The molecular formula is C12H25ClN2O3S. The molecule has 7 heteroatoms. The van der Waals surface area contributed by atoms with Crippen LogP contribution in [0.1, 0.15) is 38.5 Å². The summed E-state index contributed by atoms with van der Waals surface area (Å²) in [6, 6.07) is 0. The van der Waals surface area contributed by atoms with Crippen molar-refractivity contribution in [1.82, 2.24) is 4.72 Å². The third-order valence-corrected chi connectivity index (χ3v) is 5.47. The third kappa shape index (κ3) is 5.55. The average molecular weight is 313 g/mol. The van der Waals surface area contributed by atoms with Gasteiger partial charge >= 0.3 is 0 Å². The highest BCUT2D eigenvalue weighted by atomic mass is 35.5. The molecule has 2 aliphatic rings. The minimum atomic E-state index is -3.21. The fraction of sp³-hybridized carbons (Fsp3) is 1.00. The molecule has 114 valence electrons. The molecule has 1 heterocycles. The summed E-state index contributed by atoms with van der Waals surface area (Å²) in [5, 5.41) is 0. The van der Waals surface area contributed by atoms with Gasteiger partial charge in [0.15, 0.2) is 0 Å². The molecule has 0 radical (unpaired) electrons. The number of hydrogen-bond acceptors (Lipinski definition) is 4. The van der Waals surface area contributed by atoms with Crippen LogP contribution in [0, 0.1) is 5.92 Å². The predicted octanol–water partition coefficient (Wildman–Crippen LogP) is 1.03. The van der Waals surface area contributed by atoms with Crippen LogP contribution in [-0.4, -0.2) is 39.5 Å². The van der Waals surface area contributed by atoms with E-state index in [1.807, 2.05) is 0 Å². The highest BCUT2D eigenvalue weighted by Gasteiger charge is 2.30. The Morgan fingerprint density at radius 2 is 1.95 bits per heavy atom. The van der Waals surface area contributed by atoms with E-state index in [0.717, 1.165) is 32.1 Å². The summed E-state index contributed by atoms with van der Waals surface area (Å²) >= 11 is 0. The molecule has 1 aliphatic carbocycles. The zero-order valence-electron chi connectivity index (χ0n) is 11.3. The van der Waals surface area contributed by atoms with Gasteiger partial charge in [-0.1, -0.05) is 19.3 Å². The molecule has 0 amide bonds. The van der Waals surface area contributed by atoms with Gasteiger partial charge in [-0.2, -0.15) is 0 Å². The summed E-state index contributed by atoms with van der Waals surface area (Å²) in [7, 11) is -3.21. The number of rotatable bonds is 5. The first-order chi connectivity index (χ1) is 8.49. The van der Waals surface area contributed by atoms with Crippen molar-refractivity contribution in [2.24, 2.45) is 11.7 Å². The van der Waals surface area contributed by atoms with E-state index in [4.69, 9.17) is 10.5 Å². The Bertz CT molecular complexity index is 363. The lowest BCUT2D eigenvalue weighted by Gasteiger charge is -2.33. The van der Waals surface area contributed by atoms with Crippen molar-refractivity contribution in [3.8, 4) is 0 Å². The zero-order chi connectivity index (χ0) is 13.1. The Labute approximate surface area is 122 Å². The van der Waals surface area contributed by atoms with Gasteiger partial charge in [-0.25, -0.2) is 13.1 Å². The number of halogens is 1. The molecular weight excluding hydrogens is 288 g/mol. The lowest BCUT2D eigenvalue weighted by atomic mass is 9.83. The quantitative estimate of drug-likeness (QED) is 0.794. The largest absolute Gasteiger partial charge is 0.381 e. The SMILES string of the molecule is Cl.NC1(CNS(=O)(=O)CC2CCOC2)CCCCC1. The van der Waals surface area contributed by atoms with Gasteiger partial charge in [0, 0.05) is 18.7 Å². The van der Waals surface area contributed by atoms with Gasteiger partial charge in [-0.05, 0) is 25.2 Å². The molecule has 2 fully saturated rings. The summed E-state index contributed by atoms with van der Waals surface area (Å²) in [4.78, 5) is 0. The fourth-order valence-corrected chi connectivity index (χ4v) is 4.28. The summed E-state index contributed by atoms with van der Waals surface area (Å²) in [5.41, 5.74) is 5.89. The van der Waals surface area contributed by atoms with Crippen LogP contribution in [-0.2, 0) is 14.8 Å². The minimum absolute atomic E-state index is 0. The van der Waals surface area contributed by atoms with Crippen molar-refractivity contribution in [3.05, 3.63) is 0 Å². The molecule has 1 saturated heterocycles. The fourth-order valence-electron chi connectivity index (χ4n) is 2.77. The normalized spacial score (nSPS) is 26.9. The van der Waals surface area contributed by atoms with Crippen LogP contribution >= 0.6 is 12.4 Å². The second-order valence-corrected chi connectivity index (χ2v) is 7.61. The van der Waals surface area contributed by atoms with Gasteiger partial charge in [0.05, 0.1) is 12.4 Å². The van der Waals surface area contributed by atoms with E-state index in [-0.39, 0.29) is 29.6 Å². The maximum absolute atomic E-state index is 11.9. The van der Waals surface area contributed by atoms with E-state index in [1.54, 1.807) is 0 Å². The van der Waals surface area contributed by atoms with Crippen molar-refractivity contribution in [2.75, 3.05) is 25.5 Å². The predicted molar refractivity (Wildman–Crippen MR) is 78.0 cm³/mol. The first kappa shape index (κ1) is 17.2. The topological polar surface area (TPSA) is 81.4 Å². The van der Waals surface area contributed by atoms with E-state index in [1.165, 1.54) is 6.42 Å². The van der Waals surface area contributed by atoms with E-state index >= 15 is 0 Å². The standard InChI is InChI=1S/C12H24N2O3S.ClH/c13-12(5-2-1-3-6-12)10-14-18(15,16)9-11-4-7-17-8-11;/h11,14H,1-10,13H2;1H. The van der Waals surface area contributed by atoms with Gasteiger partial charge in [0.2, 0.25) is 10.0 Å². The molecule has 0 aromatic heterocycles. The van der Waals surface area contributed by atoms with E-state index in [2.05, 4.69) is 4.72 Å². The van der Waals surface area contributed by atoms with Gasteiger partial charge in [-0.3, -0.25) is 0 Å². The summed E-state index contributed by atoms with van der Waals surface area (Å²) in [6.45, 7) is 1.62. The third-order valence-electron chi connectivity index (χ3n) is 3.97. The first-order valence-corrected chi connectivity index (χ1v) is 8.48. The van der Waals surface area contributed by atoms with Crippen LogP contribution in [0.4, 0.5) is 0 Å². The molecule has 0 bridgehead atoms. The lowest BCUT2D eigenvalue weighted by molar-refractivity contribution is 0.188. The molecule has 0 spiro atoms. The van der Waals surface area contributed by atoms with E-state index in [0.29, 0.717) is 19.8 Å². The molecule has 1 aliphatic heterocycles. The molecule has 1 saturated carbocycles. The number of sulfonamides is 1. The van der Waals surface area contributed by atoms with Gasteiger partial charge < -0.3 is 10.5 Å². The maximum atomic E-state index is 11.9. The Kier molecular flexibility index (Phi) is 6.53. The minimum Gasteiger partial charge on any atom is -0.381 e. The second kappa shape index (κ2) is 7.22. The van der Waals surface area contributed by atoms with Crippen LogP contribution in [0.15, 0.2) is 0 Å². The molecule has 1 atom stereocenters. The van der Waals surface area contributed by atoms with Gasteiger partial charge in [0.1, 0.15) is 0 Å². The smallest absolute Gasteiger partial charge is 0.212 e. The highest BCUT2D eigenvalue weighted by molar-refractivity contribution is 7.89. The number of nitrogens with one attached hydrogen (secondary N) is 1. The molecule has 2 rings (SSSR count). The summed E-state index contributed by atoms with van der Waals surface area (Å²) in [5.74, 6) is 0.311. The highest BCUT2D eigenvalue weighted by Crippen LogP contribution is 2.25. The number of ether oxygens (including phenoxy) is 1. The lowest BCUT2D eigenvalue weighted by Crippen LogP contribution is -2.51. The maximum Gasteiger partial charge on any atom is 0.212 e. The van der Waals surface area contributed by atoms with Crippen molar-refractivity contribution >= 4 is 22.4 Å². The van der Waals surface area contributed by atoms with Crippen LogP contribution < -0.4 is 10.5 Å². The summed E-state index contributed by atoms with van der Waals surface area (Å²) in [6.07, 6.45) is 6.10. The molecule has 0 aromatic carbocycles. The van der Waals surface area contributed by atoms with Crippen molar-refractivity contribution in [2.45, 2.75) is 44.1 Å². The molecule has 3 N–H and O–H groups in total. The Morgan fingerprint density at radius 1 is 1.26 bits per heavy atom. The molecule has 19 heavy (non-hydrogen) atoms. The van der Waals surface area contributed by atoms with Gasteiger partial charge in [0.25, 0.3) is 0 Å². The Balaban J connectivity index is 0.00000180. The van der Waals surface area contributed by atoms with Crippen LogP contribution in [0.25, 0.3) is 0 Å². The van der Waals surface area contributed by atoms with Crippen LogP contribution in [0.5, 0.6) is 0 Å². The van der Waals surface area contributed by atoms with E-state index < -0.39 is 10.0 Å². The van der Waals surface area contributed by atoms with Crippen LogP contribution in [0.3, 0.4) is 0 Å². The molecule has 0 aromatic rings. The number of nitrogens with two attached hydrogens (primary N) is 1. The molecule has 5 nitrogen and oxygen atoms in total. The Morgan fingerprint density at radius 3 is 2.53 bits per heavy atom. The first-order valence-electron chi connectivity index (χ1n) is 6.83. The van der Waals surface area contributed by atoms with E-state index in [9.17, 15) is 8.42 Å². The molecule has 1 unspecified atom stereocenters. The zero-order valence-corrected chi connectivity index (χ0v) is 12.9. The summed E-state index contributed by atoms with van der Waals surface area (Å²) < 4.78 is 31.8. The van der Waals surface area contributed by atoms with Gasteiger partial charge in [-0.15, -0.1) is 12.4 Å². The average Bonchev–Trinajstić information content (AvgIpc) is 2.80. The number of hydrogen-bond donors (Lipinski definition) is 2. The van der Waals surface area contributed by atoms with Crippen molar-refractivity contribution in [1.29, 1.82) is 0 Å². The van der Waals surface area contributed by atoms with Crippen molar-refractivity contribution in [3.63, 3.8) is 0 Å². The van der Waals surface area contributed by atoms with Crippen molar-refractivity contribution < 1.29 is 13.2 Å². The Hall–Kier alpha value is 0.120. The van der Waals surface area contributed by atoms with Crippen LogP contribution in [0.2, 0.25) is 0 Å². The monoisotopic (exact) mass is 312 g/mol. The second-order valence-electron chi connectivity index (χ2n) is 5.76.